The number of hydrogen-bond donors (Lipinski definition) is 1. The van der Waals surface area contributed by atoms with E-state index in [1.54, 1.807) is 30.5 Å². The van der Waals surface area contributed by atoms with E-state index >= 15 is 0 Å². The molecule has 0 amide bonds. The van der Waals surface area contributed by atoms with Gasteiger partial charge in [0, 0.05) is 30.0 Å². The van der Waals surface area contributed by atoms with Gasteiger partial charge in [-0.25, -0.2) is 22.8 Å². The largest absolute Gasteiger partial charge is 0.354 e. The minimum Gasteiger partial charge on any atom is -0.354 e. The van der Waals surface area contributed by atoms with Gasteiger partial charge in [0.05, 0.1) is 35.2 Å². The van der Waals surface area contributed by atoms with Crippen molar-refractivity contribution in [2.75, 3.05) is 12.8 Å². The Labute approximate surface area is 163 Å². The Balaban J connectivity index is 2.06. The van der Waals surface area contributed by atoms with Crippen molar-refractivity contribution in [3.8, 4) is 0 Å². The van der Waals surface area contributed by atoms with Crippen molar-refractivity contribution < 1.29 is 18.5 Å². The van der Waals surface area contributed by atoms with Crippen LogP contribution in [0.1, 0.15) is 22.6 Å². The van der Waals surface area contributed by atoms with Gasteiger partial charge >= 0.3 is 0 Å². The number of nitrogens with zero attached hydrogens (tertiary/aromatic N) is 3. The number of fused-ring (bicyclic) bond motifs is 1. The van der Waals surface area contributed by atoms with Crippen molar-refractivity contribution in [2.45, 2.75) is 31.7 Å². The predicted molar refractivity (Wildman–Crippen MR) is 106 cm³/mol. The molecule has 0 bridgehead atoms. The van der Waals surface area contributed by atoms with Gasteiger partial charge in [0.1, 0.15) is 11.7 Å². The molecule has 0 unspecified atom stereocenters. The highest BCUT2D eigenvalue weighted by atomic mass is 32.2. The van der Waals surface area contributed by atoms with Crippen LogP contribution in [0.5, 0.6) is 0 Å². The third-order valence-electron chi connectivity index (χ3n) is 4.72. The maximum absolute atomic E-state index is 14.2. The molecule has 0 saturated carbocycles. The zero-order chi connectivity index (χ0) is 20.5. The topological polar surface area (TPSA) is 92.5 Å². The van der Waals surface area contributed by atoms with E-state index in [0.717, 1.165) is 27.9 Å². The molecule has 8 heteroatoms. The zero-order valence-electron chi connectivity index (χ0n) is 16.2. The number of sulfone groups is 1. The van der Waals surface area contributed by atoms with Gasteiger partial charge in [0.15, 0.2) is 9.84 Å². The van der Waals surface area contributed by atoms with Crippen molar-refractivity contribution in [1.29, 1.82) is 0 Å². The zero-order valence-corrected chi connectivity index (χ0v) is 17.1. The first-order chi connectivity index (χ1) is 13.2. The fourth-order valence-electron chi connectivity index (χ4n) is 3.24. The molecule has 3 aromatic rings. The van der Waals surface area contributed by atoms with Crippen molar-refractivity contribution in [1.82, 2.24) is 14.5 Å². The molecular weight excluding hydrogens is 379 g/mol. The third-order valence-corrected chi connectivity index (χ3v) is 5.84. The summed E-state index contributed by atoms with van der Waals surface area (Å²) in [5.74, 6) is 0.395. The number of halogens is 1. The fraction of sp³-hybridized carbons (Fsp3) is 0.300. The summed E-state index contributed by atoms with van der Waals surface area (Å²) in [5, 5.41) is 0. The summed E-state index contributed by atoms with van der Waals surface area (Å²) in [6.45, 7) is 4.26. The molecule has 1 aromatic carbocycles. The second kappa shape index (κ2) is 7.81. The van der Waals surface area contributed by atoms with E-state index in [4.69, 9.17) is 0 Å². The smallest absolute Gasteiger partial charge is 0.175 e. The van der Waals surface area contributed by atoms with Crippen LogP contribution in [0.4, 0.5) is 4.39 Å². The average Bonchev–Trinajstić information content (AvgIpc) is 2.87. The summed E-state index contributed by atoms with van der Waals surface area (Å²) < 4.78 is 39.4. The molecule has 0 aliphatic heterocycles. The summed E-state index contributed by atoms with van der Waals surface area (Å²) in [5.41, 5.74) is 8.07. The van der Waals surface area contributed by atoms with E-state index in [1.165, 1.54) is 12.3 Å². The summed E-state index contributed by atoms with van der Waals surface area (Å²) in [6, 6.07) is 6.82. The summed E-state index contributed by atoms with van der Waals surface area (Å²) >= 11 is 0. The lowest BCUT2D eigenvalue weighted by atomic mass is 10.0. The first-order valence-corrected chi connectivity index (χ1v) is 10.8. The minimum atomic E-state index is -3.23. The molecule has 6 nitrogen and oxygen atoms in total. The lowest BCUT2D eigenvalue weighted by Gasteiger charge is -2.07. The highest BCUT2D eigenvalue weighted by molar-refractivity contribution is 7.90. The Morgan fingerprint density at radius 3 is 2.54 bits per heavy atom. The Kier molecular flexibility index (Phi) is 5.62. The highest BCUT2D eigenvalue weighted by Gasteiger charge is 2.18. The van der Waals surface area contributed by atoms with Gasteiger partial charge in [0.2, 0.25) is 0 Å². The number of allylic oxidation sites excluding steroid dienone is 1. The number of quaternary nitrogens is 1. The average molecular weight is 404 g/mol. The van der Waals surface area contributed by atoms with Crippen LogP contribution in [-0.4, -0.2) is 35.8 Å². The molecule has 0 fully saturated rings. The van der Waals surface area contributed by atoms with Crippen LogP contribution in [0.2, 0.25) is 0 Å². The van der Waals surface area contributed by atoms with Gasteiger partial charge in [0.25, 0.3) is 0 Å². The predicted octanol–water partition coefficient (Wildman–Crippen LogP) is 2.14. The van der Waals surface area contributed by atoms with Gasteiger partial charge in [-0.15, -0.1) is 0 Å². The second-order valence-electron chi connectivity index (χ2n) is 6.83. The van der Waals surface area contributed by atoms with E-state index in [0.29, 0.717) is 18.8 Å². The van der Waals surface area contributed by atoms with Gasteiger partial charge in [-0.2, -0.15) is 0 Å². The maximum Gasteiger partial charge on any atom is 0.175 e. The molecule has 3 rings (SSSR count). The Hall–Kier alpha value is -2.58. The van der Waals surface area contributed by atoms with Crippen molar-refractivity contribution in [2.24, 2.45) is 0 Å². The van der Waals surface area contributed by atoms with Crippen LogP contribution in [0.15, 0.2) is 47.3 Å². The highest BCUT2D eigenvalue weighted by Crippen LogP contribution is 2.28. The van der Waals surface area contributed by atoms with E-state index in [-0.39, 0.29) is 17.3 Å². The normalized spacial score (nSPS) is 12.7. The van der Waals surface area contributed by atoms with Crippen LogP contribution >= 0.6 is 0 Å². The molecule has 0 atom stereocenters. The summed E-state index contributed by atoms with van der Waals surface area (Å²) in [6.07, 6.45) is 4.94. The first kappa shape index (κ1) is 20.2. The molecule has 0 aliphatic rings. The second-order valence-corrected chi connectivity index (χ2v) is 8.85. The number of benzene rings is 1. The first-order valence-electron chi connectivity index (χ1n) is 8.94. The molecule has 0 radical (unpaired) electrons. The lowest BCUT2D eigenvalue weighted by molar-refractivity contribution is -0.353. The number of aryl methyl sites for hydroxylation is 1. The van der Waals surface area contributed by atoms with Crippen LogP contribution < -0.4 is 5.73 Å². The maximum atomic E-state index is 14.2. The number of rotatable bonds is 6. The van der Waals surface area contributed by atoms with Crippen molar-refractivity contribution in [3.05, 3.63) is 65.0 Å². The molecule has 0 spiro atoms. The van der Waals surface area contributed by atoms with Crippen LogP contribution in [-0.2, 0) is 22.8 Å². The van der Waals surface area contributed by atoms with Gasteiger partial charge < -0.3 is 10.3 Å². The van der Waals surface area contributed by atoms with Crippen molar-refractivity contribution >= 4 is 20.9 Å². The molecular formula is C20H24FN4O2S+. The third kappa shape index (κ3) is 4.13. The van der Waals surface area contributed by atoms with Crippen LogP contribution in [0.3, 0.4) is 0 Å². The molecule has 148 valence electrons. The van der Waals surface area contributed by atoms with Gasteiger partial charge in [-0.05, 0) is 31.5 Å². The molecule has 0 saturated heterocycles. The fourth-order valence-corrected chi connectivity index (χ4v) is 3.87. The summed E-state index contributed by atoms with van der Waals surface area (Å²) in [4.78, 5) is 9.14. The lowest BCUT2D eigenvalue weighted by Crippen LogP contribution is -2.49. The Bertz CT molecular complexity index is 1150. The minimum absolute atomic E-state index is 0.108. The van der Waals surface area contributed by atoms with E-state index in [2.05, 4.69) is 15.7 Å². The Morgan fingerprint density at radius 2 is 1.93 bits per heavy atom. The van der Waals surface area contributed by atoms with Crippen LogP contribution in [0.25, 0.3) is 11.0 Å². The number of aromatic nitrogens is 3. The molecule has 3 N–H and O–H groups in total. The Morgan fingerprint density at radius 1 is 1.25 bits per heavy atom. The molecule has 2 heterocycles. The van der Waals surface area contributed by atoms with Crippen molar-refractivity contribution in [3.63, 3.8) is 0 Å². The monoisotopic (exact) mass is 403 g/mol. The van der Waals surface area contributed by atoms with Gasteiger partial charge in [-0.3, -0.25) is 0 Å². The molecule has 0 aliphatic carbocycles. The molecule has 28 heavy (non-hydrogen) atoms. The van der Waals surface area contributed by atoms with E-state index in [9.17, 15) is 12.8 Å². The number of hydrogen-bond acceptors (Lipinski definition) is 4. The van der Waals surface area contributed by atoms with E-state index < -0.39 is 9.84 Å². The SMILES string of the molecule is Cc1ncc2c(n1)c(Cc1ccc(S(C)(=O)=O)cc1)c(C)n2C/C(F)=C/C[NH3+]. The quantitative estimate of drug-likeness (QED) is 0.682. The standard InChI is InChI=1S/C20H23FN4O2S/c1-13-18(10-15-4-6-17(7-5-15)28(3,26)27)20-19(11-23-14(2)24-20)25(13)12-16(21)8-9-22/h4-8,11H,9-10,12,22H2,1-3H3/p+1/b16-8-. The van der Waals surface area contributed by atoms with Gasteiger partial charge in [-0.1, -0.05) is 12.1 Å². The van der Waals surface area contributed by atoms with E-state index in [1.807, 2.05) is 18.4 Å². The molecule has 2 aromatic heterocycles. The van der Waals surface area contributed by atoms with Crippen LogP contribution in [0, 0.1) is 13.8 Å². The summed E-state index contributed by atoms with van der Waals surface area (Å²) in [7, 11) is -3.23.